The third kappa shape index (κ3) is 2.92. The molecule has 0 spiro atoms. The lowest BCUT2D eigenvalue weighted by Crippen LogP contribution is -1.81. The first-order valence-corrected chi connectivity index (χ1v) is 3.11. The third-order valence-corrected chi connectivity index (χ3v) is 1.08. The lowest BCUT2D eigenvalue weighted by Gasteiger charge is -1.90. The molecular weight excluding hydrogens is 122 g/mol. The van der Waals surface area contributed by atoms with Crippen LogP contribution in [0.15, 0.2) is 37.4 Å². The number of aryl methyl sites for hydroxylation is 1. The quantitative estimate of drug-likeness (QED) is 0.429. The zero-order valence-electron chi connectivity index (χ0n) is 6.30. The number of anilines is 1. The van der Waals surface area contributed by atoms with Gasteiger partial charge in [-0.15, -0.1) is 13.2 Å². The molecule has 54 valence electrons. The van der Waals surface area contributed by atoms with E-state index in [0.29, 0.717) is 0 Å². The molecule has 2 N–H and O–H groups in total. The van der Waals surface area contributed by atoms with Gasteiger partial charge in [-0.1, -0.05) is 17.7 Å². The number of hydrogen-bond acceptors (Lipinski definition) is 1. The fourth-order valence-corrected chi connectivity index (χ4v) is 0.566. The molecule has 0 aliphatic rings. The van der Waals surface area contributed by atoms with E-state index in [-0.39, 0.29) is 0 Å². The normalized spacial score (nSPS) is 7.70. The van der Waals surface area contributed by atoms with Crippen molar-refractivity contribution < 1.29 is 0 Å². The maximum Gasteiger partial charge on any atom is 0.0314 e. The van der Waals surface area contributed by atoms with E-state index in [0.717, 1.165) is 5.69 Å². The Morgan fingerprint density at radius 1 is 1.10 bits per heavy atom. The fourth-order valence-electron chi connectivity index (χ4n) is 0.566. The van der Waals surface area contributed by atoms with Gasteiger partial charge in [0.1, 0.15) is 0 Å². The maximum absolute atomic E-state index is 5.43. The molecule has 1 aromatic rings. The zero-order valence-corrected chi connectivity index (χ0v) is 6.30. The van der Waals surface area contributed by atoms with Gasteiger partial charge >= 0.3 is 0 Å². The molecule has 1 rings (SSSR count). The van der Waals surface area contributed by atoms with Crippen LogP contribution < -0.4 is 5.73 Å². The number of benzene rings is 1. The average molecular weight is 135 g/mol. The first kappa shape index (κ1) is 8.76. The van der Waals surface area contributed by atoms with Crippen LogP contribution in [0.25, 0.3) is 0 Å². The van der Waals surface area contributed by atoms with Gasteiger partial charge in [-0.05, 0) is 19.1 Å². The van der Waals surface area contributed by atoms with Crippen LogP contribution in [0.4, 0.5) is 5.69 Å². The summed E-state index contributed by atoms with van der Waals surface area (Å²) in [6.45, 7) is 8.04. The predicted molar refractivity (Wildman–Crippen MR) is 46.8 cm³/mol. The molecule has 0 aliphatic carbocycles. The number of rotatable bonds is 0. The predicted octanol–water partition coefficient (Wildman–Crippen LogP) is 2.38. The highest BCUT2D eigenvalue weighted by Gasteiger charge is 1.80. The Balaban J connectivity index is 0.000000371. The van der Waals surface area contributed by atoms with E-state index in [2.05, 4.69) is 13.2 Å². The van der Waals surface area contributed by atoms with Gasteiger partial charge in [-0.2, -0.15) is 0 Å². The van der Waals surface area contributed by atoms with Gasteiger partial charge in [0.15, 0.2) is 0 Å². The van der Waals surface area contributed by atoms with Crippen LogP contribution in [0.3, 0.4) is 0 Å². The van der Waals surface area contributed by atoms with E-state index in [1.807, 2.05) is 31.2 Å². The SMILES string of the molecule is C=C.Cc1ccc(N)cc1. The summed E-state index contributed by atoms with van der Waals surface area (Å²) < 4.78 is 0. The van der Waals surface area contributed by atoms with E-state index < -0.39 is 0 Å². The third-order valence-electron chi connectivity index (χ3n) is 1.08. The van der Waals surface area contributed by atoms with Gasteiger partial charge < -0.3 is 5.73 Å². The van der Waals surface area contributed by atoms with Crippen LogP contribution in [0.5, 0.6) is 0 Å². The molecular formula is C9H13N. The molecule has 0 saturated heterocycles. The van der Waals surface area contributed by atoms with Crippen LogP contribution in [0, 0.1) is 6.92 Å². The summed E-state index contributed by atoms with van der Waals surface area (Å²) >= 11 is 0. The summed E-state index contributed by atoms with van der Waals surface area (Å²) in [4.78, 5) is 0. The Bertz CT molecular complexity index is 155. The summed E-state index contributed by atoms with van der Waals surface area (Å²) in [6, 6.07) is 7.79. The van der Waals surface area contributed by atoms with Crippen molar-refractivity contribution in [3.63, 3.8) is 0 Å². The minimum Gasteiger partial charge on any atom is -0.399 e. The molecule has 0 saturated carbocycles. The van der Waals surface area contributed by atoms with Crippen molar-refractivity contribution >= 4 is 5.69 Å². The smallest absolute Gasteiger partial charge is 0.0314 e. The molecule has 0 heterocycles. The molecule has 0 aromatic heterocycles. The fraction of sp³-hybridized carbons (Fsp3) is 0.111. The van der Waals surface area contributed by atoms with Crippen molar-refractivity contribution in [1.29, 1.82) is 0 Å². The summed E-state index contributed by atoms with van der Waals surface area (Å²) in [5.74, 6) is 0. The molecule has 1 nitrogen and oxygen atoms in total. The minimum atomic E-state index is 0.829. The second-order valence-corrected chi connectivity index (χ2v) is 1.91. The Morgan fingerprint density at radius 2 is 1.50 bits per heavy atom. The molecule has 0 unspecified atom stereocenters. The number of nitrogens with two attached hydrogens (primary N) is 1. The summed E-state index contributed by atoms with van der Waals surface area (Å²) in [5.41, 5.74) is 7.51. The van der Waals surface area contributed by atoms with Gasteiger partial charge in [0.25, 0.3) is 0 Å². The first-order chi connectivity index (χ1) is 4.79. The van der Waals surface area contributed by atoms with E-state index >= 15 is 0 Å². The monoisotopic (exact) mass is 135 g/mol. The van der Waals surface area contributed by atoms with Crippen molar-refractivity contribution in [1.82, 2.24) is 0 Å². The molecule has 0 fully saturated rings. The molecule has 0 atom stereocenters. The highest BCUT2D eigenvalue weighted by atomic mass is 14.5. The van der Waals surface area contributed by atoms with Gasteiger partial charge in [-0.25, -0.2) is 0 Å². The highest BCUT2D eigenvalue weighted by molar-refractivity contribution is 5.38. The largest absolute Gasteiger partial charge is 0.399 e. The summed E-state index contributed by atoms with van der Waals surface area (Å²) in [7, 11) is 0. The van der Waals surface area contributed by atoms with E-state index in [1.54, 1.807) is 0 Å². The zero-order chi connectivity index (χ0) is 7.98. The summed E-state index contributed by atoms with van der Waals surface area (Å²) in [6.07, 6.45) is 0. The van der Waals surface area contributed by atoms with E-state index in [9.17, 15) is 0 Å². The second kappa shape index (κ2) is 4.62. The lowest BCUT2D eigenvalue weighted by molar-refractivity contribution is 1.47. The van der Waals surface area contributed by atoms with Crippen molar-refractivity contribution in [2.75, 3.05) is 5.73 Å². The standard InChI is InChI=1S/C7H9N.C2H4/c1-6-2-4-7(8)5-3-6;1-2/h2-5H,8H2,1H3;1-2H2. The van der Waals surface area contributed by atoms with Gasteiger partial charge in [0.05, 0.1) is 0 Å². The van der Waals surface area contributed by atoms with Gasteiger partial charge in [0.2, 0.25) is 0 Å². The van der Waals surface area contributed by atoms with Crippen LogP contribution >= 0.6 is 0 Å². The average Bonchev–Trinajstić information content (AvgIpc) is 2.00. The summed E-state index contributed by atoms with van der Waals surface area (Å²) in [5, 5.41) is 0. The second-order valence-electron chi connectivity index (χ2n) is 1.91. The van der Waals surface area contributed by atoms with Crippen LogP contribution in [-0.4, -0.2) is 0 Å². The van der Waals surface area contributed by atoms with Crippen molar-refractivity contribution in [3.8, 4) is 0 Å². The molecule has 1 heteroatoms. The minimum absolute atomic E-state index is 0.829. The van der Waals surface area contributed by atoms with Crippen LogP contribution in [0.1, 0.15) is 5.56 Å². The Hall–Kier alpha value is -1.24. The Labute approximate surface area is 62.2 Å². The topological polar surface area (TPSA) is 26.0 Å². The molecule has 0 radical (unpaired) electrons. The Kier molecular flexibility index (Phi) is 4.05. The molecule has 10 heavy (non-hydrogen) atoms. The van der Waals surface area contributed by atoms with Crippen LogP contribution in [-0.2, 0) is 0 Å². The van der Waals surface area contributed by atoms with Gasteiger partial charge in [-0.3, -0.25) is 0 Å². The Morgan fingerprint density at radius 3 is 1.80 bits per heavy atom. The van der Waals surface area contributed by atoms with Gasteiger partial charge in [0, 0.05) is 5.69 Å². The molecule has 1 aromatic carbocycles. The van der Waals surface area contributed by atoms with Crippen molar-refractivity contribution in [2.45, 2.75) is 6.92 Å². The van der Waals surface area contributed by atoms with E-state index in [4.69, 9.17) is 5.73 Å². The van der Waals surface area contributed by atoms with Crippen molar-refractivity contribution in [3.05, 3.63) is 43.0 Å². The molecule has 0 amide bonds. The number of hydrogen-bond donors (Lipinski definition) is 1. The van der Waals surface area contributed by atoms with Crippen molar-refractivity contribution in [2.24, 2.45) is 0 Å². The van der Waals surface area contributed by atoms with E-state index in [1.165, 1.54) is 5.56 Å². The molecule has 0 bridgehead atoms. The van der Waals surface area contributed by atoms with Crippen LogP contribution in [0.2, 0.25) is 0 Å². The lowest BCUT2D eigenvalue weighted by atomic mass is 10.2. The maximum atomic E-state index is 5.43. The molecule has 0 aliphatic heterocycles. The highest BCUT2D eigenvalue weighted by Crippen LogP contribution is 2.02. The first-order valence-electron chi connectivity index (χ1n) is 3.11. The number of nitrogen functional groups attached to an aromatic ring is 1.